The number of amides is 1. The van der Waals surface area contributed by atoms with E-state index in [2.05, 4.69) is 29.0 Å². The van der Waals surface area contributed by atoms with E-state index in [0.717, 1.165) is 17.1 Å². The molecule has 2 rings (SSSR count). The molecule has 2 aromatic rings. The Hall–Kier alpha value is -2.30. The second kappa shape index (κ2) is 6.22. The SMILES string of the molecule is Cc1cccc(-c2cnc(CN(C)C(=O)OC(C)(C)C)[nH]2)c1. The summed E-state index contributed by atoms with van der Waals surface area (Å²) < 4.78 is 5.32. The maximum absolute atomic E-state index is 11.9. The van der Waals surface area contributed by atoms with E-state index in [-0.39, 0.29) is 6.09 Å². The number of benzene rings is 1. The molecule has 0 bridgehead atoms. The molecule has 0 radical (unpaired) electrons. The number of aryl methyl sites for hydroxylation is 1. The third kappa shape index (κ3) is 4.35. The second-order valence-electron chi connectivity index (χ2n) is 6.45. The molecule has 5 nitrogen and oxygen atoms in total. The predicted molar refractivity (Wildman–Crippen MR) is 86.5 cm³/mol. The van der Waals surface area contributed by atoms with Gasteiger partial charge < -0.3 is 14.6 Å². The molecule has 0 aliphatic carbocycles. The van der Waals surface area contributed by atoms with Crippen LogP contribution in [0.3, 0.4) is 0 Å². The summed E-state index contributed by atoms with van der Waals surface area (Å²) in [6.07, 6.45) is 1.42. The van der Waals surface area contributed by atoms with Crippen molar-refractivity contribution in [2.24, 2.45) is 0 Å². The summed E-state index contributed by atoms with van der Waals surface area (Å²) in [5, 5.41) is 0. The molecular weight excluding hydrogens is 278 g/mol. The molecule has 22 heavy (non-hydrogen) atoms. The average Bonchev–Trinajstić information content (AvgIpc) is 2.85. The van der Waals surface area contributed by atoms with Crippen LogP contribution >= 0.6 is 0 Å². The molecule has 1 heterocycles. The first-order valence-corrected chi connectivity index (χ1v) is 7.29. The average molecular weight is 301 g/mol. The summed E-state index contributed by atoms with van der Waals surface area (Å²) in [7, 11) is 1.70. The Kier molecular flexibility index (Phi) is 4.54. The molecule has 5 heteroatoms. The fourth-order valence-corrected chi connectivity index (χ4v) is 2.03. The van der Waals surface area contributed by atoms with E-state index in [0.29, 0.717) is 6.54 Å². The van der Waals surface area contributed by atoms with Crippen LogP contribution in [0.2, 0.25) is 0 Å². The third-order valence-electron chi connectivity index (χ3n) is 3.05. The van der Waals surface area contributed by atoms with E-state index >= 15 is 0 Å². The molecule has 118 valence electrons. The molecule has 1 aromatic carbocycles. The number of imidazole rings is 1. The molecule has 1 amide bonds. The highest BCUT2D eigenvalue weighted by atomic mass is 16.6. The quantitative estimate of drug-likeness (QED) is 0.939. The number of aromatic nitrogens is 2. The first-order valence-electron chi connectivity index (χ1n) is 7.29. The zero-order valence-electron chi connectivity index (χ0n) is 13.8. The largest absolute Gasteiger partial charge is 0.444 e. The molecule has 0 saturated carbocycles. The van der Waals surface area contributed by atoms with Gasteiger partial charge in [-0.05, 0) is 39.3 Å². The minimum absolute atomic E-state index is 0.360. The number of carbonyl (C=O) groups excluding carboxylic acids is 1. The number of carbonyl (C=O) groups is 1. The van der Waals surface area contributed by atoms with Gasteiger partial charge in [0, 0.05) is 7.05 Å². The molecule has 0 unspecified atom stereocenters. The van der Waals surface area contributed by atoms with Gasteiger partial charge in [0.25, 0.3) is 0 Å². The molecular formula is C17H23N3O2. The van der Waals surface area contributed by atoms with Gasteiger partial charge in [-0.15, -0.1) is 0 Å². The smallest absolute Gasteiger partial charge is 0.410 e. The van der Waals surface area contributed by atoms with E-state index in [4.69, 9.17) is 4.74 Å². The fraction of sp³-hybridized carbons (Fsp3) is 0.412. The first kappa shape index (κ1) is 16.1. The second-order valence-corrected chi connectivity index (χ2v) is 6.45. The molecule has 0 fully saturated rings. The van der Waals surface area contributed by atoms with Crippen molar-refractivity contribution in [2.75, 3.05) is 7.05 Å². The van der Waals surface area contributed by atoms with Crippen LogP contribution in [-0.4, -0.2) is 33.6 Å². The van der Waals surface area contributed by atoms with Gasteiger partial charge in [0.05, 0.1) is 18.4 Å². The standard InChI is InChI=1S/C17H23N3O2/c1-12-7-6-8-13(9-12)14-10-18-15(19-14)11-20(5)16(21)22-17(2,3)4/h6-10H,11H2,1-5H3,(H,18,19). The lowest BCUT2D eigenvalue weighted by Crippen LogP contribution is -2.34. The number of H-pyrrole nitrogens is 1. The van der Waals surface area contributed by atoms with Crippen molar-refractivity contribution in [1.82, 2.24) is 14.9 Å². The number of hydrogen-bond acceptors (Lipinski definition) is 3. The van der Waals surface area contributed by atoms with Crippen LogP contribution in [0, 0.1) is 6.92 Å². The van der Waals surface area contributed by atoms with Crippen molar-refractivity contribution in [3.05, 3.63) is 41.9 Å². The summed E-state index contributed by atoms with van der Waals surface area (Å²) in [6.45, 7) is 7.97. The topological polar surface area (TPSA) is 58.2 Å². The monoisotopic (exact) mass is 301 g/mol. The maximum atomic E-state index is 11.9. The van der Waals surface area contributed by atoms with Crippen molar-refractivity contribution in [1.29, 1.82) is 0 Å². The summed E-state index contributed by atoms with van der Waals surface area (Å²) in [5.74, 6) is 0.727. The van der Waals surface area contributed by atoms with Crippen molar-refractivity contribution in [2.45, 2.75) is 39.8 Å². The number of rotatable bonds is 3. The third-order valence-corrected chi connectivity index (χ3v) is 3.05. The summed E-state index contributed by atoms with van der Waals surface area (Å²) >= 11 is 0. The molecule has 1 aromatic heterocycles. The summed E-state index contributed by atoms with van der Waals surface area (Å²) in [4.78, 5) is 21.0. The predicted octanol–water partition coefficient (Wildman–Crippen LogP) is 3.75. The van der Waals surface area contributed by atoms with Crippen LogP contribution < -0.4 is 0 Å². The highest BCUT2D eigenvalue weighted by molar-refractivity contribution is 5.67. The number of hydrogen-bond donors (Lipinski definition) is 1. The Balaban J connectivity index is 2.04. The van der Waals surface area contributed by atoms with Gasteiger partial charge in [0.2, 0.25) is 0 Å². The lowest BCUT2D eigenvalue weighted by molar-refractivity contribution is 0.0281. The van der Waals surface area contributed by atoms with E-state index < -0.39 is 5.60 Å². The van der Waals surface area contributed by atoms with Gasteiger partial charge >= 0.3 is 6.09 Å². The lowest BCUT2D eigenvalue weighted by Gasteiger charge is -2.24. The number of nitrogens with zero attached hydrogens (tertiary/aromatic N) is 2. The molecule has 0 aliphatic rings. The van der Waals surface area contributed by atoms with Gasteiger partial charge in [-0.2, -0.15) is 0 Å². The molecule has 0 atom stereocenters. The van der Waals surface area contributed by atoms with Gasteiger partial charge in [-0.1, -0.05) is 23.8 Å². The summed E-state index contributed by atoms with van der Waals surface area (Å²) in [5.41, 5.74) is 2.72. The van der Waals surface area contributed by atoms with Crippen molar-refractivity contribution in [3.8, 4) is 11.3 Å². The van der Waals surface area contributed by atoms with Gasteiger partial charge in [0.15, 0.2) is 0 Å². The van der Waals surface area contributed by atoms with Crippen molar-refractivity contribution < 1.29 is 9.53 Å². The zero-order valence-corrected chi connectivity index (χ0v) is 13.8. The molecule has 0 aliphatic heterocycles. The number of aromatic amines is 1. The Morgan fingerprint density at radius 1 is 1.36 bits per heavy atom. The highest BCUT2D eigenvalue weighted by Gasteiger charge is 2.20. The number of nitrogens with one attached hydrogen (secondary N) is 1. The van der Waals surface area contributed by atoms with Gasteiger partial charge in [-0.25, -0.2) is 9.78 Å². The van der Waals surface area contributed by atoms with E-state index in [1.807, 2.05) is 32.9 Å². The van der Waals surface area contributed by atoms with Crippen LogP contribution in [0.1, 0.15) is 32.2 Å². The minimum atomic E-state index is -0.499. The van der Waals surface area contributed by atoms with Gasteiger partial charge in [0.1, 0.15) is 11.4 Å². The number of ether oxygens (including phenoxy) is 1. The zero-order chi connectivity index (χ0) is 16.3. The Morgan fingerprint density at radius 2 is 2.09 bits per heavy atom. The first-order chi connectivity index (χ1) is 10.2. The van der Waals surface area contributed by atoms with Crippen LogP contribution in [-0.2, 0) is 11.3 Å². The van der Waals surface area contributed by atoms with Gasteiger partial charge in [-0.3, -0.25) is 0 Å². The Morgan fingerprint density at radius 3 is 2.73 bits per heavy atom. The maximum Gasteiger partial charge on any atom is 0.410 e. The Labute approximate surface area is 131 Å². The van der Waals surface area contributed by atoms with E-state index in [9.17, 15) is 4.79 Å². The van der Waals surface area contributed by atoms with Crippen molar-refractivity contribution >= 4 is 6.09 Å². The molecule has 1 N–H and O–H groups in total. The lowest BCUT2D eigenvalue weighted by atomic mass is 10.1. The van der Waals surface area contributed by atoms with Crippen LogP contribution in [0.5, 0.6) is 0 Å². The minimum Gasteiger partial charge on any atom is -0.444 e. The van der Waals surface area contributed by atoms with Crippen LogP contribution in [0.25, 0.3) is 11.3 Å². The van der Waals surface area contributed by atoms with E-state index in [1.54, 1.807) is 13.2 Å². The fourth-order valence-electron chi connectivity index (χ4n) is 2.03. The normalized spacial score (nSPS) is 11.3. The van der Waals surface area contributed by atoms with Crippen molar-refractivity contribution in [3.63, 3.8) is 0 Å². The highest BCUT2D eigenvalue weighted by Crippen LogP contribution is 2.18. The molecule has 0 saturated heterocycles. The summed E-state index contributed by atoms with van der Waals surface area (Å²) in [6, 6.07) is 8.19. The van der Waals surface area contributed by atoms with E-state index in [1.165, 1.54) is 10.5 Å². The van der Waals surface area contributed by atoms with Crippen LogP contribution in [0.4, 0.5) is 4.79 Å². The Bertz CT molecular complexity index is 656. The van der Waals surface area contributed by atoms with Crippen LogP contribution in [0.15, 0.2) is 30.5 Å². The molecule has 0 spiro atoms.